The molecule has 0 aromatic heterocycles. The molecule has 178 valence electrons. The second kappa shape index (κ2) is 11.9. The highest BCUT2D eigenvalue weighted by atomic mass is 19.1. The van der Waals surface area contributed by atoms with Crippen molar-refractivity contribution < 1.29 is 9.13 Å². The second-order valence-electron chi connectivity index (χ2n) is 10.5. The molecular formula is C31H41FO. The Bertz CT molecular complexity index is 916. The van der Waals surface area contributed by atoms with Crippen LogP contribution >= 0.6 is 0 Å². The smallest absolute Gasteiger partial charge is 0.134 e. The van der Waals surface area contributed by atoms with Crippen LogP contribution in [0.4, 0.5) is 4.39 Å². The number of halogens is 1. The van der Waals surface area contributed by atoms with Gasteiger partial charge in [-0.05, 0) is 104 Å². The SMILES string of the molecule is C=CCCC1CCC(C2CCC(CCc3ccc4cc(OCC=C)ccc4c3F)CC2)CC1. The molecule has 2 aromatic rings. The minimum atomic E-state index is -0.0512. The lowest BCUT2D eigenvalue weighted by Gasteiger charge is -2.38. The van der Waals surface area contributed by atoms with Gasteiger partial charge in [0.1, 0.15) is 18.2 Å². The van der Waals surface area contributed by atoms with Gasteiger partial charge >= 0.3 is 0 Å². The molecule has 2 aromatic carbocycles. The van der Waals surface area contributed by atoms with E-state index in [2.05, 4.69) is 19.2 Å². The van der Waals surface area contributed by atoms with Crippen LogP contribution in [-0.4, -0.2) is 6.61 Å². The number of rotatable bonds is 10. The Labute approximate surface area is 200 Å². The van der Waals surface area contributed by atoms with Crippen LogP contribution in [0.15, 0.2) is 55.6 Å². The number of allylic oxidation sites excluding steroid dienone is 1. The fraction of sp³-hybridized carbons (Fsp3) is 0.548. The summed E-state index contributed by atoms with van der Waals surface area (Å²) in [5.74, 6) is 4.32. The van der Waals surface area contributed by atoms with Gasteiger partial charge in [-0.1, -0.05) is 56.5 Å². The van der Waals surface area contributed by atoms with E-state index >= 15 is 4.39 Å². The molecule has 0 amide bonds. The average Bonchev–Trinajstić information content (AvgIpc) is 2.86. The van der Waals surface area contributed by atoms with Gasteiger partial charge in [-0.3, -0.25) is 0 Å². The quantitative estimate of drug-likeness (QED) is 0.329. The second-order valence-corrected chi connectivity index (χ2v) is 10.5. The highest BCUT2D eigenvalue weighted by Crippen LogP contribution is 2.43. The normalized spacial score (nSPS) is 25.6. The van der Waals surface area contributed by atoms with Crippen molar-refractivity contribution in [3.8, 4) is 5.75 Å². The van der Waals surface area contributed by atoms with Crippen LogP contribution in [0.5, 0.6) is 5.75 Å². The lowest BCUT2D eigenvalue weighted by Crippen LogP contribution is -2.26. The van der Waals surface area contributed by atoms with Gasteiger partial charge in [-0.2, -0.15) is 0 Å². The molecule has 4 rings (SSSR count). The third-order valence-corrected chi connectivity index (χ3v) is 8.42. The molecule has 1 nitrogen and oxygen atoms in total. The third kappa shape index (κ3) is 6.28. The van der Waals surface area contributed by atoms with Gasteiger partial charge in [0.25, 0.3) is 0 Å². The summed E-state index contributed by atoms with van der Waals surface area (Å²) in [5.41, 5.74) is 0.863. The van der Waals surface area contributed by atoms with Crippen molar-refractivity contribution in [3.63, 3.8) is 0 Å². The Kier molecular flexibility index (Phi) is 8.64. The van der Waals surface area contributed by atoms with Crippen LogP contribution in [0, 0.1) is 29.5 Å². The number of hydrogen-bond donors (Lipinski definition) is 0. The molecule has 2 heteroatoms. The Morgan fingerprint density at radius 2 is 1.48 bits per heavy atom. The highest BCUT2D eigenvalue weighted by molar-refractivity contribution is 5.85. The van der Waals surface area contributed by atoms with E-state index in [1.807, 2.05) is 30.3 Å². The molecule has 33 heavy (non-hydrogen) atoms. The molecule has 2 fully saturated rings. The van der Waals surface area contributed by atoms with E-state index in [9.17, 15) is 0 Å². The van der Waals surface area contributed by atoms with Crippen molar-refractivity contribution >= 4 is 10.8 Å². The molecule has 0 aliphatic heterocycles. The zero-order chi connectivity index (χ0) is 23.0. The number of ether oxygens (including phenoxy) is 1. The van der Waals surface area contributed by atoms with Crippen LogP contribution in [0.1, 0.15) is 76.2 Å². The Morgan fingerprint density at radius 1 is 0.818 bits per heavy atom. The van der Waals surface area contributed by atoms with Gasteiger partial charge in [0, 0.05) is 5.39 Å². The Hall–Kier alpha value is -2.09. The lowest BCUT2D eigenvalue weighted by atomic mass is 9.68. The molecule has 2 aliphatic carbocycles. The average molecular weight is 449 g/mol. The minimum Gasteiger partial charge on any atom is -0.490 e. The molecule has 0 atom stereocenters. The van der Waals surface area contributed by atoms with Gasteiger partial charge in [-0.15, -0.1) is 6.58 Å². The number of fused-ring (bicyclic) bond motifs is 1. The first-order valence-corrected chi connectivity index (χ1v) is 13.2. The van der Waals surface area contributed by atoms with Gasteiger partial charge in [-0.25, -0.2) is 4.39 Å². The molecule has 2 saturated carbocycles. The summed E-state index contributed by atoms with van der Waals surface area (Å²) < 4.78 is 20.7. The van der Waals surface area contributed by atoms with Gasteiger partial charge < -0.3 is 4.74 Å². The summed E-state index contributed by atoms with van der Waals surface area (Å²) in [6.07, 6.45) is 19.5. The first kappa shape index (κ1) is 24.0. The molecule has 0 unspecified atom stereocenters. The minimum absolute atomic E-state index is 0.0512. The lowest BCUT2D eigenvalue weighted by molar-refractivity contribution is 0.141. The summed E-state index contributed by atoms with van der Waals surface area (Å²) in [7, 11) is 0. The first-order chi connectivity index (χ1) is 16.2. The maximum Gasteiger partial charge on any atom is 0.134 e. The molecule has 0 spiro atoms. The van der Waals surface area contributed by atoms with E-state index in [1.165, 1.54) is 64.2 Å². The van der Waals surface area contributed by atoms with Gasteiger partial charge in [0.05, 0.1) is 0 Å². The number of aryl methyl sites for hydroxylation is 1. The predicted octanol–water partition coefficient (Wildman–Crippen LogP) is 9.06. The molecular weight excluding hydrogens is 407 g/mol. The summed E-state index contributed by atoms with van der Waals surface area (Å²) >= 11 is 0. The molecule has 0 radical (unpaired) electrons. The standard InChI is InChI=1S/C31H41FO/c1-3-5-6-23-7-12-25(13-8-23)26-14-9-24(10-15-26)11-16-27-17-18-28-22-29(33-21-4-2)19-20-30(28)31(27)32/h3-4,17-20,22-26H,1-2,5-16,21H2. The van der Waals surface area contributed by atoms with Crippen molar-refractivity contribution in [2.45, 2.75) is 77.0 Å². The highest BCUT2D eigenvalue weighted by Gasteiger charge is 2.30. The number of benzene rings is 2. The van der Waals surface area contributed by atoms with Crippen LogP contribution in [0.3, 0.4) is 0 Å². The van der Waals surface area contributed by atoms with Crippen LogP contribution in [0.2, 0.25) is 0 Å². The van der Waals surface area contributed by atoms with E-state index in [0.717, 1.165) is 53.2 Å². The Balaban J connectivity index is 1.24. The maximum absolute atomic E-state index is 15.2. The Morgan fingerprint density at radius 3 is 2.12 bits per heavy atom. The number of hydrogen-bond acceptors (Lipinski definition) is 1. The molecule has 0 N–H and O–H groups in total. The van der Waals surface area contributed by atoms with Crippen LogP contribution in [0.25, 0.3) is 10.8 Å². The molecule has 0 bridgehead atoms. The van der Waals surface area contributed by atoms with E-state index in [-0.39, 0.29) is 5.82 Å². The summed E-state index contributed by atoms with van der Waals surface area (Å²) in [5, 5.41) is 1.60. The van der Waals surface area contributed by atoms with E-state index in [1.54, 1.807) is 6.08 Å². The third-order valence-electron chi connectivity index (χ3n) is 8.42. The van der Waals surface area contributed by atoms with Gasteiger partial charge in [0.15, 0.2) is 0 Å². The van der Waals surface area contributed by atoms with E-state index < -0.39 is 0 Å². The topological polar surface area (TPSA) is 9.23 Å². The largest absolute Gasteiger partial charge is 0.490 e. The summed E-state index contributed by atoms with van der Waals surface area (Å²) in [6.45, 7) is 8.01. The zero-order valence-corrected chi connectivity index (χ0v) is 20.2. The van der Waals surface area contributed by atoms with Crippen molar-refractivity contribution in [1.29, 1.82) is 0 Å². The predicted molar refractivity (Wildman–Crippen MR) is 138 cm³/mol. The fourth-order valence-corrected chi connectivity index (χ4v) is 6.36. The van der Waals surface area contributed by atoms with Gasteiger partial charge in [0.2, 0.25) is 0 Å². The van der Waals surface area contributed by atoms with E-state index in [4.69, 9.17) is 4.74 Å². The summed E-state index contributed by atoms with van der Waals surface area (Å²) in [4.78, 5) is 0. The molecule has 0 saturated heterocycles. The van der Waals surface area contributed by atoms with E-state index in [0.29, 0.717) is 12.0 Å². The van der Waals surface area contributed by atoms with Crippen molar-refractivity contribution in [2.75, 3.05) is 6.61 Å². The zero-order valence-electron chi connectivity index (χ0n) is 20.2. The molecule has 0 heterocycles. The van der Waals surface area contributed by atoms with Crippen LogP contribution in [-0.2, 0) is 6.42 Å². The monoisotopic (exact) mass is 448 g/mol. The van der Waals surface area contributed by atoms with Crippen LogP contribution < -0.4 is 4.74 Å². The van der Waals surface area contributed by atoms with Crippen molar-refractivity contribution in [1.82, 2.24) is 0 Å². The first-order valence-electron chi connectivity index (χ1n) is 13.2. The van der Waals surface area contributed by atoms with Crippen molar-refractivity contribution in [2.24, 2.45) is 23.7 Å². The summed E-state index contributed by atoms with van der Waals surface area (Å²) in [6, 6.07) is 9.64. The maximum atomic E-state index is 15.2. The fourth-order valence-electron chi connectivity index (χ4n) is 6.36. The van der Waals surface area contributed by atoms with Crippen molar-refractivity contribution in [3.05, 3.63) is 67.0 Å². The molecule has 2 aliphatic rings.